The van der Waals surface area contributed by atoms with Crippen LogP contribution in [-0.4, -0.2) is 6.04 Å². The van der Waals surface area contributed by atoms with Gasteiger partial charge in [-0.3, -0.25) is 0 Å². The lowest BCUT2D eigenvalue weighted by Gasteiger charge is -2.26. The Hall–Kier alpha value is -1.94. The number of fused-ring (bicyclic) bond motifs is 1. The van der Waals surface area contributed by atoms with E-state index in [1.807, 2.05) is 12.1 Å². The molecule has 0 amide bonds. The molecule has 1 fully saturated rings. The van der Waals surface area contributed by atoms with Gasteiger partial charge in [-0.2, -0.15) is 0 Å². The molecule has 2 nitrogen and oxygen atoms in total. The van der Waals surface area contributed by atoms with Gasteiger partial charge in [-0.05, 0) is 54.9 Å². The quantitative estimate of drug-likeness (QED) is 0.715. The zero-order valence-electron chi connectivity index (χ0n) is 15.5. The second kappa shape index (κ2) is 7.97. The normalized spacial score (nSPS) is 27.8. The van der Waals surface area contributed by atoms with Gasteiger partial charge in [-0.15, -0.1) is 0 Å². The number of halogens is 2. The van der Waals surface area contributed by atoms with E-state index in [9.17, 15) is 8.78 Å². The van der Waals surface area contributed by atoms with Crippen LogP contribution in [0.3, 0.4) is 0 Å². The summed E-state index contributed by atoms with van der Waals surface area (Å²) in [6.45, 7) is 0. The maximum Gasteiger partial charge on any atom is 0.168 e. The van der Waals surface area contributed by atoms with Crippen LogP contribution >= 0.6 is 0 Å². The predicted molar refractivity (Wildman–Crippen MR) is 103 cm³/mol. The fourth-order valence-electron chi connectivity index (χ4n) is 4.86. The van der Waals surface area contributed by atoms with Crippen molar-refractivity contribution in [2.75, 3.05) is 0 Å². The summed E-state index contributed by atoms with van der Waals surface area (Å²) < 4.78 is 33.6. The second-order valence-corrected chi connectivity index (χ2v) is 8.16. The Morgan fingerprint density at radius 1 is 1.04 bits per heavy atom. The molecule has 1 saturated carbocycles. The van der Waals surface area contributed by atoms with E-state index >= 15 is 0 Å². The molecule has 0 aromatic heterocycles. The monoisotopic (exact) mass is 371 g/mol. The molecular formula is C23H27F2NO. The van der Waals surface area contributed by atoms with E-state index in [0.717, 1.165) is 37.3 Å². The zero-order valence-corrected chi connectivity index (χ0v) is 15.5. The highest BCUT2D eigenvalue weighted by atomic mass is 19.1. The van der Waals surface area contributed by atoms with Crippen molar-refractivity contribution < 1.29 is 13.5 Å². The predicted octanol–water partition coefficient (Wildman–Crippen LogP) is 5.55. The number of hydrogen-bond donors (Lipinski definition) is 1. The molecule has 2 aliphatic carbocycles. The highest BCUT2D eigenvalue weighted by Crippen LogP contribution is 2.44. The van der Waals surface area contributed by atoms with Crippen LogP contribution in [0.4, 0.5) is 8.78 Å². The van der Waals surface area contributed by atoms with Crippen LogP contribution in [0.2, 0.25) is 0 Å². The summed E-state index contributed by atoms with van der Waals surface area (Å²) in [6, 6.07) is 12.1. The SMILES string of the molecule is NC1CCCCC(CC2Cc3ccccc3C2Oc2ccc(F)cc2F)C1. The van der Waals surface area contributed by atoms with E-state index in [1.54, 1.807) is 0 Å². The van der Waals surface area contributed by atoms with E-state index in [-0.39, 0.29) is 17.9 Å². The molecule has 4 rings (SSSR count). The Bertz CT molecular complexity index is 794. The van der Waals surface area contributed by atoms with Crippen molar-refractivity contribution in [1.82, 2.24) is 0 Å². The summed E-state index contributed by atoms with van der Waals surface area (Å²) in [5.41, 5.74) is 8.66. The van der Waals surface area contributed by atoms with Gasteiger partial charge in [0.2, 0.25) is 0 Å². The Balaban J connectivity index is 1.56. The van der Waals surface area contributed by atoms with Gasteiger partial charge in [-0.1, -0.05) is 43.5 Å². The molecule has 0 bridgehead atoms. The minimum Gasteiger partial charge on any atom is -0.482 e. The number of hydrogen-bond acceptors (Lipinski definition) is 2. The van der Waals surface area contributed by atoms with Crippen LogP contribution in [0, 0.1) is 23.5 Å². The Morgan fingerprint density at radius 2 is 1.85 bits per heavy atom. The van der Waals surface area contributed by atoms with Gasteiger partial charge < -0.3 is 10.5 Å². The lowest BCUT2D eigenvalue weighted by atomic mass is 9.85. The van der Waals surface area contributed by atoms with Crippen LogP contribution in [0.25, 0.3) is 0 Å². The minimum atomic E-state index is -0.644. The molecule has 2 aromatic carbocycles. The van der Waals surface area contributed by atoms with E-state index in [0.29, 0.717) is 11.8 Å². The first-order valence-electron chi connectivity index (χ1n) is 10.0. The minimum absolute atomic E-state index is 0.126. The van der Waals surface area contributed by atoms with Gasteiger partial charge >= 0.3 is 0 Å². The van der Waals surface area contributed by atoms with Crippen LogP contribution in [0.5, 0.6) is 5.75 Å². The van der Waals surface area contributed by atoms with Gasteiger partial charge in [0.1, 0.15) is 11.9 Å². The summed E-state index contributed by atoms with van der Waals surface area (Å²) in [6.07, 6.45) is 7.61. The van der Waals surface area contributed by atoms with Crippen molar-refractivity contribution in [3.05, 3.63) is 65.2 Å². The third kappa shape index (κ3) is 4.16. The third-order valence-corrected chi connectivity index (χ3v) is 6.13. The number of benzene rings is 2. The lowest BCUT2D eigenvalue weighted by molar-refractivity contribution is 0.122. The van der Waals surface area contributed by atoms with Crippen molar-refractivity contribution in [1.29, 1.82) is 0 Å². The Labute approximate surface area is 159 Å². The fourth-order valence-corrected chi connectivity index (χ4v) is 4.86. The number of nitrogens with two attached hydrogens (primary N) is 1. The van der Waals surface area contributed by atoms with Crippen LogP contribution in [0.15, 0.2) is 42.5 Å². The first-order valence-corrected chi connectivity index (χ1v) is 10.0. The molecular weight excluding hydrogens is 344 g/mol. The maximum atomic E-state index is 14.2. The molecule has 2 aliphatic rings. The molecule has 0 radical (unpaired) electrons. The maximum absolute atomic E-state index is 14.2. The first-order chi connectivity index (χ1) is 13.1. The van der Waals surface area contributed by atoms with Gasteiger partial charge in [0.05, 0.1) is 0 Å². The molecule has 0 saturated heterocycles. The Kier molecular flexibility index (Phi) is 5.44. The second-order valence-electron chi connectivity index (χ2n) is 8.16. The van der Waals surface area contributed by atoms with E-state index in [2.05, 4.69) is 12.1 Å². The fraction of sp³-hybridized carbons (Fsp3) is 0.478. The smallest absolute Gasteiger partial charge is 0.168 e. The van der Waals surface area contributed by atoms with E-state index in [1.165, 1.54) is 37.0 Å². The zero-order chi connectivity index (χ0) is 18.8. The molecule has 0 aliphatic heterocycles. The van der Waals surface area contributed by atoms with Crippen LogP contribution in [-0.2, 0) is 6.42 Å². The average Bonchev–Trinajstić information content (AvgIpc) is 2.83. The van der Waals surface area contributed by atoms with Crippen LogP contribution in [0.1, 0.15) is 55.8 Å². The largest absolute Gasteiger partial charge is 0.482 e. The summed E-state index contributed by atoms with van der Waals surface area (Å²) in [7, 11) is 0. The molecule has 27 heavy (non-hydrogen) atoms. The lowest BCUT2D eigenvalue weighted by Crippen LogP contribution is -2.24. The first kappa shape index (κ1) is 18.4. The van der Waals surface area contributed by atoms with Gasteiger partial charge in [0.15, 0.2) is 11.6 Å². The van der Waals surface area contributed by atoms with E-state index < -0.39 is 11.6 Å². The van der Waals surface area contributed by atoms with Crippen molar-refractivity contribution >= 4 is 0 Å². The molecule has 2 aromatic rings. The molecule has 144 valence electrons. The van der Waals surface area contributed by atoms with Crippen molar-refractivity contribution in [3.63, 3.8) is 0 Å². The summed E-state index contributed by atoms with van der Waals surface area (Å²) >= 11 is 0. The molecule has 2 N–H and O–H groups in total. The Morgan fingerprint density at radius 3 is 2.70 bits per heavy atom. The number of rotatable bonds is 4. The molecule has 4 atom stereocenters. The van der Waals surface area contributed by atoms with Crippen molar-refractivity contribution in [2.24, 2.45) is 17.6 Å². The average molecular weight is 371 g/mol. The number of ether oxygens (including phenoxy) is 1. The van der Waals surface area contributed by atoms with Gasteiger partial charge in [0, 0.05) is 18.0 Å². The van der Waals surface area contributed by atoms with Gasteiger partial charge in [-0.25, -0.2) is 8.78 Å². The summed E-state index contributed by atoms with van der Waals surface area (Å²) in [5, 5.41) is 0. The molecule has 4 heteroatoms. The molecule has 4 unspecified atom stereocenters. The van der Waals surface area contributed by atoms with E-state index in [4.69, 9.17) is 10.5 Å². The van der Waals surface area contributed by atoms with Crippen molar-refractivity contribution in [2.45, 2.75) is 57.1 Å². The molecule has 0 heterocycles. The van der Waals surface area contributed by atoms with Gasteiger partial charge in [0.25, 0.3) is 0 Å². The van der Waals surface area contributed by atoms with Crippen molar-refractivity contribution in [3.8, 4) is 5.75 Å². The highest BCUT2D eigenvalue weighted by molar-refractivity contribution is 5.36. The summed E-state index contributed by atoms with van der Waals surface area (Å²) in [5.74, 6) is -0.223. The third-order valence-electron chi connectivity index (χ3n) is 6.13. The van der Waals surface area contributed by atoms with Crippen LogP contribution < -0.4 is 10.5 Å². The highest BCUT2D eigenvalue weighted by Gasteiger charge is 2.36. The summed E-state index contributed by atoms with van der Waals surface area (Å²) in [4.78, 5) is 0. The molecule has 0 spiro atoms. The topological polar surface area (TPSA) is 35.2 Å². The standard InChI is InChI=1S/C23H27F2NO/c24-18-9-10-22(21(25)14-18)27-23-17(13-16-6-2-4-8-20(16)23)11-15-5-1-3-7-19(26)12-15/h2,4,6,8-10,14-15,17,19,23H,1,3,5,7,11-13,26H2.